The first-order chi connectivity index (χ1) is 15.8. The summed E-state index contributed by atoms with van der Waals surface area (Å²) in [6.07, 6.45) is 0. The van der Waals surface area contributed by atoms with E-state index in [1.165, 1.54) is 11.6 Å². The van der Waals surface area contributed by atoms with E-state index in [1.54, 1.807) is 31.8 Å². The number of carbonyl (C=O) groups is 1. The summed E-state index contributed by atoms with van der Waals surface area (Å²) in [7, 11) is 4.69. The summed E-state index contributed by atoms with van der Waals surface area (Å²) in [5, 5.41) is 0. The molecule has 3 aromatic rings. The van der Waals surface area contributed by atoms with Gasteiger partial charge in [-0.3, -0.25) is 14.2 Å². The molecule has 0 fully saturated rings. The first-order valence-corrected chi connectivity index (χ1v) is 10.7. The van der Waals surface area contributed by atoms with E-state index in [9.17, 15) is 14.4 Å². The zero-order valence-corrected chi connectivity index (χ0v) is 19.3. The van der Waals surface area contributed by atoms with Crippen LogP contribution in [-0.4, -0.2) is 52.0 Å². The van der Waals surface area contributed by atoms with Crippen molar-refractivity contribution in [1.82, 2.24) is 18.7 Å². The second-order valence-electron chi connectivity index (χ2n) is 7.99. The van der Waals surface area contributed by atoms with Crippen LogP contribution in [0.4, 0.5) is 11.6 Å². The van der Waals surface area contributed by atoms with Gasteiger partial charge in [-0.25, -0.2) is 9.36 Å². The number of benzene rings is 1. The zero-order chi connectivity index (χ0) is 23.9. The molecule has 0 spiro atoms. The van der Waals surface area contributed by atoms with E-state index in [4.69, 9.17) is 14.2 Å². The number of anilines is 2. The van der Waals surface area contributed by atoms with Crippen molar-refractivity contribution in [2.24, 2.45) is 13.0 Å². The number of rotatable bonds is 6. The number of carbonyl (C=O) groups excluding carboxylic acids is 1. The molecule has 0 aliphatic carbocycles. The van der Waals surface area contributed by atoms with E-state index in [0.29, 0.717) is 30.5 Å². The Bertz CT molecular complexity index is 1340. The fourth-order valence-electron chi connectivity index (χ4n) is 4.19. The lowest BCUT2D eigenvalue weighted by atomic mass is 10.1. The monoisotopic (exact) mass is 457 g/mol. The van der Waals surface area contributed by atoms with Gasteiger partial charge in [0.05, 0.1) is 26.5 Å². The minimum Gasteiger partial charge on any atom is -0.497 e. The molecular weight excluding hydrogens is 430 g/mol. The summed E-state index contributed by atoms with van der Waals surface area (Å²) < 4.78 is 19.8. The molecule has 0 amide bonds. The fraction of sp³-hybridized carbons (Fsp3) is 0.455. The van der Waals surface area contributed by atoms with Crippen LogP contribution in [0.1, 0.15) is 13.8 Å². The molecule has 33 heavy (non-hydrogen) atoms. The Balaban J connectivity index is 1.94. The molecule has 1 aliphatic rings. The number of hydrogen-bond acceptors (Lipinski definition) is 8. The Morgan fingerprint density at radius 1 is 1.18 bits per heavy atom. The molecule has 1 aromatic carbocycles. The van der Waals surface area contributed by atoms with Crippen molar-refractivity contribution in [3.63, 3.8) is 0 Å². The predicted molar refractivity (Wildman–Crippen MR) is 122 cm³/mol. The van der Waals surface area contributed by atoms with Gasteiger partial charge in [-0.05, 0) is 25.0 Å². The van der Waals surface area contributed by atoms with Gasteiger partial charge in [0.15, 0.2) is 11.2 Å². The topological polar surface area (TPSA) is 110 Å². The van der Waals surface area contributed by atoms with Gasteiger partial charge in [0.1, 0.15) is 18.0 Å². The highest BCUT2D eigenvalue weighted by Gasteiger charge is 2.31. The number of methoxy groups -OCH3 is 2. The molecule has 0 N–H and O–H groups in total. The summed E-state index contributed by atoms with van der Waals surface area (Å²) in [5.41, 5.74) is 0.0821. The SMILES string of the molecule is CCOC(=O)Cn1c(=O)c2c(nc3n2C[C@@H](C)CN3c2ccc(OC)cc2OC)n(C)c1=O. The summed E-state index contributed by atoms with van der Waals surface area (Å²) >= 11 is 0. The minimum absolute atomic E-state index is 0.161. The third kappa shape index (κ3) is 3.73. The molecule has 0 bridgehead atoms. The second kappa shape index (κ2) is 8.64. The Morgan fingerprint density at radius 3 is 2.61 bits per heavy atom. The molecule has 1 atom stereocenters. The highest BCUT2D eigenvalue weighted by molar-refractivity contribution is 5.79. The Hall–Kier alpha value is -3.76. The van der Waals surface area contributed by atoms with Gasteiger partial charge in [-0.1, -0.05) is 6.92 Å². The van der Waals surface area contributed by atoms with Crippen molar-refractivity contribution in [2.75, 3.05) is 32.3 Å². The van der Waals surface area contributed by atoms with Crippen LogP contribution < -0.4 is 25.6 Å². The van der Waals surface area contributed by atoms with Gasteiger partial charge >= 0.3 is 11.7 Å². The highest BCUT2D eigenvalue weighted by Crippen LogP contribution is 2.39. The quantitative estimate of drug-likeness (QED) is 0.509. The van der Waals surface area contributed by atoms with E-state index in [2.05, 4.69) is 11.9 Å². The lowest BCUT2D eigenvalue weighted by Gasteiger charge is -2.33. The smallest absolute Gasteiger partial charge is 0.333 e. The highest BCUT2D eigenvalue weighted by atomic mass is 16.5. The van der Waals surface area contributed by atoms with Crippen molar-refractivity contribution >= 4 is 28.8 Å². The van der Waals surface area contributed by atoms with Gasteiger partial charge in [-0.15, -0.1) is 0 Å². The molecule has 0 saturated carbocycles. The molecule has 11 heteroatoms. The van der Waals surface area contributed by atoms with Crippen LogP contribution in [0, 0.1) is 5.92 Å². The van der Waals surface area contributed by atoms with Gasteiger partial charge in [0, 0.05) is 26.2 Å². The van der Waals surface area contributed by atoms with Crippen LogP contribution >= 0.6 is 0 Å². The van der Waals surface area contributed by atoms with Crippen molar-refractivity contribution in [2.45, 2.75) is 26.9 Å². The molecule has 176 valence electrons. The summed E-state index contributed by atoms with van der Waals surface area (Å²) in [6, 6.07) is 5.48. The van der Waals surface area contributed by atoms with Crippen LogP contribution in [-0.2, 0) is 29.7 Å². The molecule has 0 saturated heterocycles. The van der Waals surface area contributed by atoms with Gasteiger partial charge in [0.25, 0.3) is 5.56 Å². The maximum Gasteiger partial charge on any atom is 0.333 e. The predicted octanol–water partition coefficient (Wildman–Crippen LogP) is 1.26. The van der Waals surface area contributed by atoms with E-state index in [1.807, 2.05) is 17.0 Å². The zero-order valence-electron chi connectivity index (χ0n) is 19.3. The first-order valence-electron chi connectivity index (χ1n) is 10.7. The number of hydrogen-bond donors (Lipinski definition) is 0. The number of imidazole rings is 1. The molecule has 3 heterocycles. The van der Waals surface area contributed by atoms with Crippen molar-refractivity contribution < 1.29 is 19.0 Å². The van der Waals surface area contributed by atoms with Crippen LogP contribution in [0.5, 0.6) is 11.5 Å². The van der Waals surface area contributed by atoms with Crippen LogP contribution in [0.3, 0.4) is 0 Å². The fourth-order valence-corrected chi connectivity index (χ4v) is 4.19. The largest absolute Gasteiger partial charge is 0.497 e. The number of esters is 1. The van der Waals surface area contributed by atoms with Gasteiger partial charge in [-0.2, -0.15) is 4.98 Å². The van der Waals surface area contributed by atoms with Gasteiger partial charge < -0.3 is 23.7 Å². The third-order valence-electron chi connectivity index (χ3n) is 5.71. The summed E-state index contributed by atoms with van der Waals surface area (Å²) in [5.74, 6) is 1.28. The van der Waals surface area contributed by atoms with E-state index in [0.717, 1.165) is 10.3 Å². The standard InChI is InChI=1S/C22H27N5O6/c1-6-33-17(28)12-27-20(29)18-19(24(3)22(27)30)23-21-25(10-13(2)11-26(18)21)15-8-7-14(31-4)9-16(15)32-5/h7-9,13H,6,10-12H2,1-5H3/t13-/m0/s1. The number of aryl methyl sites for hydroxylation is 1. The molecular formula is C22H27N5O6. The Morgan fingerprint density at radius 2 is 1.94 bits per heavy atom. The Kier molecular flexibility index (Phi) is 5.88. The molecule has 11 nitrogen and oxygen atoms in total. The first kappa shape index (κ1) is 22.4. The van der Waals surface area contributed by atoms with E-state index in [-0.39, 0.29) is 23.7 Å². The molecule has 4 rings (SSSR count). The molecule has 1 aliphatic heterocycles. The maximum absolute atomic E-state index is 13.4. The van der Waals surface area contributed by atoms with Crippen molar-refractivity contribution in [3.8, 4) is 11.5 Å². The normalized spacial score (nSPS) is 15.4. The van der Waals surface area contributed by atoms with E-state index < -0.39 is 23.8 Å². The van der Waals surface area contributed by atoms with E-state index >= 15 is 0 Å². The molecule has 0 unspecified atom stereocenters. The number of nitrogens with zero attached hydrogens (tertiary/aromatic N) is 5. The summed E-state index contributed by atoms with van der Waals surface area (Å²) in [4.78, 5) is 44.9. The average molecular weight is 457 g/mol. The van der Waals surface area contributed by atoms with Gasteiger partial charge in [0.2, 0.25) is 5.95 Å². The summed E-state index contributed by atoms with van der Waals surface area (Å²) in [6.45, 7) is 4.61. The third-order valence-corrected chi connectivity index (χ3v) is 5.71. The Labute approximate surface area is 189 Å². The minimum atomic E-state index is -0.646. The van der Waals surface area contributed by atoms with Crippen LogP contribution in [0.15, 0.2) is 27.8 Å². The van der Waals surface area contributed by atoms with Crippen molar-refractivity contribution in [1.29, 1.82) is 0 Å². The average Bonchev–Trinajstić information content (AvgIpc) is 3.19. The number of ether oxygens (including phenoxy) is 3. The van der Waals surface area contributed by atoms with Crippen LogP contribution in [0.25, 0.3) is 11.2 Å². The second-order valence-corrected chi connectivity index (χ2v) is 7.99. The lowest BCUT2D eigenvalue weighted by Crippen LogP contribution is -2.42. The van der Waals surface area contributed by atoms with Crippen LogP contribution in [0.2, 0.25) is 0 Å². The number of aromatic nitrogens is 4. The molecule has 0 radical (unpaired) electrons. The van der Waals surface area contributed by atoms with Crippen molar-refractivity contribution in [3.05, 3.63) is 39.0 Å². The lowest BCUT2D eigenvalue weighted by molar-refractivity contribution is -0.143. The molecule has 2 aromatic heterocycles. The number of fused-ring (bicyclic) bond motifs is 3. The maximum atomic E-state index is 13.4.